The van der Waals surface area contributed by atoms with Crippen LogP contribution >= 0.6 is 0 Å². The van der Waals surface area contributed by atoms with Crippen LogP contribution in [0.15, 0.2) is 48.7 Å². The van der Waals surface area contributed by atoms with Gasteiger partial charge in [-0.1, -0.05) is 6.07 Å². The number of ether oxygens (including phenoxy) is 1. The lowest BCUT2D eigenvalue weighted by molar-refractivity contribution is -0.137. The number of nitrogens with zero attached hydrogens (tertiary/aromatic N) is 2. The van der Waals surface area contributed by atoms with Gasteiger partial charge in [-0.3, -0.25) is 9.69 Å². The Morgan fingerprint density at radius 1 is 0.884 bits per heavy atom. The first-order valence-electron chi connectivity index (χ1n) is 13.1. The van der Waals surface area contributed by atoms with Crippen LogP contribution in [-0.4, -0.2) is 55.1 Å². The molecular formula is C29H24F8N4O2. The molecule has 0 radical (unpaired) electrons. The summed E-state index contributed by atoms with van der Waals surface area (Å²) in [6, 6.07) is 10.2. The number of anilines is 2. The normalized spacial score (nSPS) is 14.4. The molecule has 14 heteroatoms. The minimum atomic E-state index is -4.40. The van der Waals surface area contributed by atoms with Gasteiger partial charge in [0, 0.05) is 61.2 Å². The van der Waals surface area contributed by atoms with E-state index in [2.05, 4.69) is 19.9 Å². The second kappa shape index (κ2) is 12.1. The van der Waals surface area contributed by atoms with E-state index < -0.39 is 59.1 Å². The Morgan fingerprint density at radius 2 is 1.56 bits per heavy atom. The summed E-state index contributed by atoms with van der Waals surface area (Å²) in [4.78, 5) is 19.6. The van der Waals surface area contributed by atoms with Crippen LogP contribution in [0.2, 0.25) is 0 Å². The highest BCUT2D eigenvalue weighted by Gasteiger charge is 2.31. The van der Waals surface area contributed by atoms with E-state index in [1.165, 1.54) is 6.07 Å². The molecule has 1 aromatic heterocycles. The zero-order chi connectivity index (χ0) is 30.9. The van der Waals surface area contributed by atoms with E-state index >= 15 is 0 Å². The third kappa shape index (κ3) is 6.53. The molecule has 2 N–H and O–H groups in total. The van der Waals surface area contributed by atoms with Crippen molar-refractivity contribution in [2.75, 3.05) is 49.5 Å². The summed E-state index contributed by atoms with van der Waals surface area (Å²) >= 11 is 0. The number of hydrogen-bond donors (Lipinski definition) is 2. The highest BCUT2D eigenvalue weighted by atomic mass is 19.4. The minimum Gasteiger partial charge on any atom is -0.477 e. The van der Waals surface area contributed by atoms with E-state index in [-0.39, 0.29) is 0 Å². The topological polar surface area (TPSA) is 60.6 Å². The first kappa shape index (κ1) is 30.1. The van der Waals surface area contributed by atoms with Crippen molar-refractivity contribution in [2.24, 2.45) is 0 Å². The number of amides is 1. The molecule has 6 nitrogen and oxygen atoms in total. The molecule has 0 bridgehead atoms. The Bertz CT molecular complexity index is 1620. The quantitative estimate of drug-likeness (QED) is 0.140. The number of carbonyl (C=O) groups excluding carboxylic acids is 1. The van der Waals surface area contributed by atoms with E-state index in [4.69, 9.17) is 0 Å². The molecule has 43 heavy (non-hydrogen) atoms. The van der Waals surface area contributed by atoms with E-state index in [1.807, 2.05) is 11.1 Å². The van der Waals surface area contributed by atoms with Crippen molar-refractivity contribution < 1.29 is 44.7 Å². The van der Waals surface area contributed by atoms with Crippen LogP contribution in [0.3, 0.4) is 0 Å². The number of benzene rings is 3. The zero-order valence-corrected chi connectivity index (χ0v) is 22.3. The van der Waals surface area contributed by atoms with Crippen LogP contribution in [0.1, 0.15) is 11.1 Å². The smallest absolute Gasteiger partial charge is 0.416 e. The van der Waals surface area contributed by atoms with Gasteiger partial charge in [-0.15, -0.1) is 0 Å². The van der Waals surface area contributed by atoms with Gasteiger partial charge in [0.15, 0.2) is 12.4 Å². The second-order valence-electron chi connectivity index (χ2n) is 9.94. The average Bonchev–Trinajstić information content (AvgIpc) is 3.40. The largest absolute Gasteiger partial charge is 0.477 e. The third-order valence-electron chi connectivity index (χ3n) is 7.18. The number of carbonyl (C=O) groups is 1. The van der Waals surface area contributed by atoms with Crippen LogP contribution in [0.5, 0.6) is 5.75 Å². The van der Waals surface area contributed by atoms with Crippen molar-refractivity contribution in [3.05, 3.63) is 88.9 Å². The number of halogens is 8. The highest BCUT2D eigenvalue weighted by Crippen LogP contribution is 2.32. The Morgan fingerprint density at radius 3 is 2.23 bits per heavy atom. The second-order valence-corrected chi connectivity index (χ2v) is 9.94. The molecule has 3 aromatic carbocycles. The monoisotopic (exact) mass is 612 g/mol. The van der Waals surface area contributed by atoms with Crippen LogP contribution in [0.25, 0.3) is 10.9 Å². The minimum absolute atomic E-state index is 0.314. The van der Waals surface area contributed by atoms with Gasteiger partial charge in [-0.2, -0.15) is 22.0 Å². The maximum absolute atomic E-state index is 13.8. The molecule has 1 fully saturated rings. The maximum atomic E-state index is 13.8. The highest BCUT2D eigenvalue weighted by molar-refractivity contribution is 5.95. The predicted octanol–water partition coefficient (Wildman–Crippen LogP) is 6.26. The van der Waals surface area contributed by atoms with Crippen molar-refractivity contribution >= 4 is 28.2 Å². The fraction of sp³-hybridized carbons (Fsp3) is 0.276. The Balaban J connectivity index is 1.16. The number of nitrogens with one attached hydrogen (secondary N) is 2. The maximum Gasteiger partial charge on any atom is 0.416 e. The van der Waals surface area contributed by atoms with Gasteiger partial charge in [-0.05, 0) is 48.4 Å². The fourth-order valence-electron chi connectivity index (χ4n) is 4.90. The van der Waals surface area contributed by atoms with E-state index in [0.717, 1.165) is 28.6 Å². The summed E-state index contributed by atoms with van der Waals surface area (Å²) in [7, 11) is 0. The predicted molar refractivity (Wildman–Crippen MR) is 142 cm³/mol. The molecule has 4 aromatic rings. The van der Waals surface area contributed by atoms with E-state index in [0.29, 0.717) is 50.5 Å². The SMILES string of the molecule is O=C(COc1c(F)c(F)c(F)c(F)c1F)Nc1ccc2[nH]cc(CCN3CCN(c4cccc(C(F)(F)F)c4)CC3)c2c1. The van der Waals surface area contributed by atoms with Crippen molar-refractivity contribution in [1.82, 2.24) is 9.88 Å². The van der Waals surface area contributed by atoms with Gasteiger partial charge in [-0.25, -0.2) is 13.2 Å². The number of piperazine rings is 1. The van der Waals surface area contributed by atoms with Gasteiger partial charge >= 0.3 is 6.18 Å². The molecule has 0 aliphatic carbocycles. The molecule has 228 valence electrons. The molecule has 2 heterocycles. The first-order chi connectivity index (χ1) is 20.4. The van der Waals surface area contributed by atoms with Gasteiger partial charge in [0.1, 0.15) is 0 Å². The zero-order valence-electron chi connectivity index (χ0n) is 22.3. The van der Waals surface area contributed by atoms with E-state index in [9.17, 15) is 39.9 Å². The molecule has 0 spiro atoms. The molecule has 0 saturated carbocycles. The van der Waals surface area contributed by atoms with Gasteiger partial charge in [0.05, 0.1) is 5.56 Å². The number of fused-ring (bicyclic) bond motifs is 1. The number of aromatic nitrogens is 1. The molecule has 0 unspecified atom stereocenters. The number of aromatic amines is 1. The van der Waals surface area contributed by atoms with Crippen LogP contribution in [0, 0.1) is 29.1 Å². The molecule has 1 saturated heterocycles. The summed E-state index contributed by atoms with van der Waals surface area (Å²) in [5.41, 5.74) is 1.87. The fourth-order valence-corrected chi connectivity index (χ4v) is 4.90. The van der Waals surface area contributed by atoms with E-state index in [1.54, 1.807) is 24.3 Å². The number of hydrogen-bond acceptors (Lipinski definition) is 4. The summed E-state index contributed by atoms with van der Waals surface area (Å²) < 4.78 is 111. The standard InChI is InChI=1S/C29H24F8N4O2/c30-23-24(31)26(33)28(27(34)25(23)32)43-15-22(42)39-18-4-5-21-20(13-18)16(14-38-21)6-7-40-8-10-41(11-9-40)19-3-1-2-17(12-19)29(35,36)37/h1-5,12-14,38H,6-11,15H2,(H,39,42). The lowest BCUT2D eigenvalue weighted by Gasteiger charge is -2.36. The molecule has 5 rings (SSSR count). The van der Waals surface area contributed by atoms with Gasteiger partial charge in [0.2, 0.25) is 29.1 Å². The van der Waals surface area contributed by atoms with Crippen molar-refractivity contribution in [3.63, 3.8) is 0 Å². The van der Waals surface area contributed by atoms with Crippen LogP contribution in [-0.2, 0) is 17.4 Å². The average molecular weight is 613 g/mol. The van der Waals surface area contributed by atoms with Gasteiger partial charge < -0.3 is 19.9 Å². The molecule has 1 amide bonds. The van der Waals surface area contributed by atoms with Crippen molar-refractivity contribution in [1.29, 1.82) is 0 Å². The lowest BCUT2D eigenvalue weighted by atomic mass is 10.1. The molecular weight excluding hydrogens is 588 g/mol. The number of rotatable bonds is 8. The van der Waals surface area contributed by atoms with Gasteiger partial charge in [0.25, 0.3) is 5.91 Å². The third-order valence-corrected chi connectivity index (χ3v) is 7.18. The summed E-state index contributed by atoms with van der Waals surface area (Å²) in [5, 5.41) is 3.26. The first-order valence-corrected chi connectivity index (χ1v) is 13.1. The Labute approximate surface area is 239 Å². The number of alkyl halides is 3. The molecule has 1 aliphatic heterocycles. The number of H-pyrrole nitrogens is 1. The molecule has 1 aliphatic rings. The van der Waals surface area contributed by atoms with Crippen LogP contribution in [0.4, 0.5) is 46.5 Å². The van der Waals surface area contributed by atoms with Crippen molar-refractivity contribution in [2.45, 2.75) is 12.6 Å². The van der Waals surface area contributed by atoms with Crippen molar-refractivity contribution in [3.8, 4) is 5.75 Å². The summed E-state index contributed by atoms with van der Waals surface area (Å²) in [5.74, 6) is -13.5. The Kier molecular flexibility index (Phi) is 8.49. The Hall–Kier alpha value is -4.33. The summed E-state index contributed by atoms with van der Waals surface area (Å²) in [6.07, 6.45) is -1.95. The molecule has 0 atom stereocenters. The lowest BCUT2D eigenvalue weighted by Crippen LogP contribution is -2.47. The van der Waals surface area contributed by atoms with Crippen LogP contribution < -0.4 is 15.0 Å². The summed E-state index contributed by atoms with van der Waals surface area (Å²) in [6.45, 7) is 2.11.